The van der Waals surface area contributed by atoms with Crippen molar-refractivity contribution in [3.63, 3.8) is 0 Å². The number of pyridine rings is 1. The number of hydrogen-bond acceptors (Lipinski definition) is 3. The van der Waals surface area contributed by atoms with Crippen LogP contribution in [-0.4, -0.2) is 33.2 Å². The fraction of sp³-hybridized carbons (Fsp3) is 0.529. The Bertz CT molecular complexity index is 607. The number of piperidine rings is 1. The van der Waals surface area contributed by atoms with E-state index in [1.807, 2.05) is 30.6 Å². The highest BCUT2D eigenvalue weighted by Crippen LogP contribution is 2.27. The van der Waals surface area contributed by atoms with E-state index >= 15 is 0 Å². The van der Waals surface area contributed by atoms with Crippen molar-refractivity contribution < 1.29 is 4.79 Å². The standard InChI is InChI=1S/C17H23N3O/c1-2-5-14-7-9-19(15(10-14)13-21)12-16-11-18-17-6-3-4-8-20(16)17/h3-4,6,8,11,13-15H,2,5,7,9-10,12H2,1H3. The number of likely N-dealkylation sites (tertiary alicyclic amines) is 1. The SMILES string of the molecule is CCCC1CCN(Cc2cnc3ccccn23)C(C=O)C1. The molecule has 0 amide bonds. The van der Waals surface area contributed by atoms with Crippen molar-refractivity contribution >= 4 is 11.9 Å². The number of fused-ring (bicyclic) bond motifs is 1. The van der Waals surface area contributed by atoms with Crippen LogP contribution in [0.4, 0.5) is 0 Å². The molecule has 0 aromatic carbocycles. The summed E-state index contributed by atoms with van der Waals surface area (Å²) in [6.45, 7) is 4.03. The van der Waals surface area contributed by atoms with E-state index in [4.69, 9.17) is 0 Å². The van der Waals surface area contributed by atoms with Crippen molar-refractivity contribution in [3.05, 3.63) is 36.3 Å². The molecule has 21 heavy (non-hydrogen) atoms. The smallest absolute Gasteiger partial charge is 0.137 e. The summed E-state index contributed by atoms with van der Waals surface area (Å²) < 4.78 is 2.11. The fourth-order valence-corrected chi connectivity index (χ4v) is 3.44. The van der Waals surface area contributed by atoms with Crippen LogP contribution in [0.3, 0.4) is 0 Å². The second-order valence-electron chi connectivity index (χ2n) is 6.03. The summed E-state index contributed by atoms with van der Waals surface area (Å²) in [4.78, 5) is 18.2. The minimum absolute atomic E-state index is 0.0598. The molecule has 1 saturated heterocycles. The molecule has 0 spiro atoms. The van der Waals surface area contributed by atoms with Crippen molar-refractivity contribution in [3.8, 4) is 0 Å². The van der Waals surface area contributed by atoms with Gasteiger partial charge in [0, 0.05) is 12.7 Å². The van der Waals surface area contributed by atoms with Crippen LogP contribution in [0.1, 0.15) is 38.3 Å². The Balaban J connectivity index is 1.73. The maximum atomic E-state index is 11.4. The topological polar surface area (TPSA) is 37.6 Å². The highest BCUT2D eigenvalue weighted by atomic mass is 16.1. The van der Waals surface area contributed by atoms with Gasteiger partial charge >= 0.3 is 0 Å². The van der Waals surface area contributed by atoms with Gasteiger partial charge in [0.15, 0.2) is 0 Å². The zero-order chi connectivity index (χ0) is 14.7. The summed E-state index contributed by atoms with van der Waals surface area (Å²) in [6, 6.07) is 6.08. The van der Waals surface area contributed by atoms with E-state index in [2.05, 4.69) is 21.2 Å². The Hall–Kier alpha value is -1.68. The summed E-state index contributed by atoms with van der Waals surface area (Å²) in [6.07, 6.45) is 9.76. The number of imidazole rings is 1. The van der Waals surface area contributed by atoms with Crippen LogP contribution in [0, 0.1) is 5.92 Å². The maximum Gasteiger partial charge on any atom is 0.137 e. The van der Waals surface area contributed by atoms with Crippen LogP contribution >= 0.6 is 0 Å². The van der Waals surface area contributed by atoms with Crippen LogP contribution in [0.2, 0.25) is 0 Å². The lowest BCUT2D eigenvalue weighted by atomic mass is 9.88. The maximum absolute atomic E-state index is 11.4. The van der Waals surface area contributed by atoms with Crippen molar-refractivity contribution in [2.24, 2.45) is 5.92 Å². The third-order valence-corrected chi connectivity index (χ3v) is 4.58. The lowest BCUT2D eigenvalue weighted by molar-refractivity contribution is -0.114. The molecule has 0 radical (unpaired) electrons. The Morgan fingerprint density at radius 1 is 1.43 bits per heavy atom. The normalized spacial score (nSPS) is 23.5. The number of aldehydes is 1. The number of carbonyl (C=O) groups is 1. The third kappa shape index (κ3) is 3.00. The molecule has 1 aliphatic rings. The number of carbonyl (C=O) groups excluding carboxylic acids is 1. The summed E-state index contributed by atoms with van der Waals surface area (Å²) in [5, 5.41) is 0. The van der Waals surface area contributed by atoms with Crippen LogP contribution in [0.5, 0.6) is 0 Å². The molecule has 2 aromatic heterocycles. The fourth-order valence-electron chi connectivity index (χ4n) is 3.44. The van der Waals surface area contributed by atoms with Crippen molar-refractivity contribution in [1.82, 2.24) is 14.3 Å². The highest BCUT2D eigenvalue weighted by Gasteiger charge is 2.28. The zero-order valence-corrected chi connectivity index (χ0v) is 12.6. The van der Waals surface area contributed by atoms with Gasteiger partial charge < -0.3 is 9.20 Å². The molecule has 0 aliphatic carbocycles. The second-order valence-corrected chi connectivity index (χ2v) is 6.03. The molecule has 0 N–H and O–H groups in total. The first-order chi connectivity index (χ1) is 10.3. The summed E-state index contributed by atoms with van der Waals surface area (Å²) in [7, 11) is 0. The molecule has 3 rings (SSSR count). The van der Waals surface area contributed by atoms with Crippen LogP contribution < -0.4 is 0 Å². The van der Waals surface area contributed by atoms with E-state index in [1.54, 1.807) is 0 Å². The molecular weight excluding hydrogens is 262 g/mol. The molecule has 2 unspecified atom stereocenters. The van der Waals surface area contributed by atoms with Gasteiger partial charge in [-0.15, -0.1) is 0 Å². The van der Waals surface area contributed by atoms with Gasteiger partial charge in [0.05, 0.1) is 17.9 Å². The molecule has 1 aliphatic heterocycles. The zero-order valence-electron chi connectivity index (χ0n) is 12.6. The number of nitrogens with zero attached hydrogens (tertiary/aromatic N) is 3. The van der Waals surface area contributed by atoms with E-state index in [1.165, 1.54) is 19.3 Å². The van der Waals surface area contributed by atoms with Gasteiger partial charge in [0.2, 0.25) is 0 Å². The number of aromatic nitrogens is 2. The van der Waals surface area contributed by atoms with Crippen molar-refractivity contribution in [2.75, 3.05) is 6.54 Å². The third-order valence-electron chi connectivity index (χ3n) is 4.58. The first kappa shape index (κ1) is 14.3. The predicted octanol–water partition coefficient (Wildman–Crippen LogP) is 2.91. The monoisotopic (exact) mass is 285 g/mol. The van der Waals surface area contributed by atoms with Gasteiger partial charge in [0.25, 0.3) is 0 Å². The first-order valence-electron chi connectivity index (χ1n) is 7.92. The van der Waals surface area contributed by atoms with Crippen LogP contribution in [-0.2, 0) is 11.3 Å². The van der Waals surface area contributed by atoms with Crippen molar-refractivity contribution in [2.45, 2.75) is 45.2 Å². The number of rotatable bonds is 5. The molecule has 1 fully saturated rings. The highest BCUT2D eigenvalue weighted by molar-refractivity contribution is 5.57. The molecule has 3 heterocycles. The molecule has 2 atom stereocenters. The van der Waals surface area contributed by atoms with E-state index in [-0.39, 0.29) is 6.04 Å². The Kier molecular flexibility index (Phi) is 4.34. The minimum atomic E-state index is 0.0598. The molecule has 2 aromatic rings. The summed E-state index contributed by atoms with van der Waals surface area (Å²) in [5.41, 5.74) is 2.13. The molecule has 112 valence electrons. The van der Waals surface area contributed by atoms with Gasteiger partial charge in [-0.3, -0.25) is 4.90 Å². The second kappa shape index (κ2) is 6.39. The van der Waals surface area contributed by atoms with Crippen LogP contribution in [0.25, 0.3) is 5.65 Å². The molecule has 0 saturated carbocycles. The molecule has 4 heteroatoms. The van der Waals surface area contributed by atoms with Gasteiger partial charge in [-0.25, -0.2) is 4.98 Å². The van der Waals surface area contributed by atoms with Gasteiger partial charge in [0.1, 0.15) is 11.9 Å². The average Bonchev–Trinajstić information content (AvgIpc) is 2.92. The quantitative estimate of drug-likeness (QED) is 0.793. The van der Waals surface area contributed by atoms with E-state index in [9.17, 15) is 4.79 Å². The lowest BCUT2D eigenvalue weighted by Crippen LogP contribution is -2.43. The van der Waals surface area contributed by atoms with Crippen LogP contribution in [0.15, 0.2) is 30.6 Å². The Morgan fingerprint density at radius 2 is 2.33 bits per heavy atom. The van der Waals surface area contributed by atoms with Gasteiger partial charge in [-0.05, 0) is 37.4 Å². The Morgan fingerprint density at radius 3 is 3.14 bits per heavy atom. The van der Waals surface area contributed by atoms with Gasteiger partial charge in [-0.2, -0.15) is 0 Å². The largest absolute Gasteiger partial charge is 0.303 e. The van der Waals surface area contributed by atoms with Gasteiger partial charge in [-0.1, -0.05) is 25.8 Å². The summed E-state index contributed by atoms with van der Waals surface area (Å²) >= 11 is 0. The predicted molar refractivity (Wildman–Crippen MR) is 83.1 cm³/mol. The molecule has 4 nitrogen and oxygen atoms in total. The van der Waals surface area contributed by atoms with E-state index < -0.39 is 0 Å². The molecule has 0 bridgehead atoms. The lowest BCUT2D eigenvalue weighted by Gasteiger charge is -2.36. The first-order valence-corrected chi connectivity index (χ1v) is 7.92. The van der Waals surface area contributed by atoms with Crippen molar-refractivity contribution in [1.29, 1.82) is 0 Å². The Labute approximate surface area is 125 Å². The molecular formula is C17H23N3O. The average molecular weight is 285 g/mol. The summed E-state index contributed by atoms with van der Waals surface area (Å²) in [5.74, 6) is 0.712. The van der Waals surface area contributed by atoms with E-state index in [0.717, 1.165) is 37.1 Å². The minimum Gasteiger partial charge on any atom is -0.303 e. The van der Waals surface area contributed by atoms with E-state index in [0.29, 0.717) is 5.92 Å². The number of hydrogen-bond donors (Lipinski definition) is 0.